The van der Waals surface area contributed by atoms with Gasteiger partial charge in [-0.25, -0.2) is 0 Å². The van der Waals surface area contributed by atoms with Crippen LogP contribution in [0, 0.1) is 0 Å². The van der Waals surface area contributed by atoms with Crippen molar-refractivity contribution in [2.24, 2.45) is 0 Å². The van der Waals surface area contributed by atoms with Gasteiger partial charge in [0.15, 0.2) is 0 Å². The molecule has 0 spiro atoms. The normalized spacial score (nSPS) is 12.4. The van der Waals surface area contributed by atoms with Crippen molar-refractivity contribution in [3.63, 3.8) is 0 Å². The van der Waals surface area contributed by atoms with Crippen LogP contribution >= 0.6 is 0 Å². The summed E-state index contributed by atoms with van der Waals surface area (Å²) in [7, 11) is 0. The molecule has 2 aromatic carbocycles. The largest absolute Gasteiger partial charge is 0.306 e. The number of hydrogen-bond acceptors (Lipinski definition) is 2. The molecule has 0 saturated carbocycles. The Kier molecular flexibility index (Phi) is 4.27. The molecule has 1 aromatic heterocycles. The van der Waals surface area contributed by atoms with Gasteiger partial charge < -0.3 is 5.32 Å². The van der Waals surface area contributed by atoms with Crippen LogP contribution in [0.15, 0.2) is 67.0 Å². The summed E-state index contributed by atoms with van der Waals surface area (Å²) < 4.78 is 0. The van der Waals surface area contributed by atoms with Crippen LogP contribution in [0.4, 0.5) is 0 Å². The highest BCUT2D eigenvalue weighted by Crippen LogP contribution is 2.18. The van der Waals surface area contributed by atoms with E-state index in [1.165, 1.54) is 21.9 Å². The van der Waals surface area contributed by atoms with Crippen molar-refractivity contribution in [2.45, 2.75) is 25.9 Å². The lowest BCUT2D eigenvalue weighted by molar-refractivity contribution is 0.519. The summed E-state index contributed by atoms with van der Waals surface area (Å²) in [6, 6.07) is 19.7. The molecule has 106 valence electrons. The van der Waals surface area contributed by atoms with Crippen molar-refractivity contribution in [1.82, 2.24) is 10.3 Å². The predicted octanol–water partition coefficient (Wildman–Crippen LogP) is 4.48. The molecule has 3 rings (SSSR count). The van der Waals surface area contributed by atoms with Gasteiger partial charge in [0, 0.05) is 30.4 Å². The van der Waals surface area contributed by atoms with E-state index in [2.05, 4.69) is 71.8 Å². The lowest BCUT2D eigenvalue weighted by Crippen LogP contribution is -2.20. The number of benzene rings is 2. The van der Waals surface area contributed by atoms with Gasteiger partial charge in [-0.05, 0) is 35.1 Å². The Bertz CT molecular complexity index is 707. The number of rotatable bonds is 5. The molecule has 1 N–H and O–H groups in total. The van der Waals surface area contributed by atoms with Gasteiger partial charge in [0.05, 0.1) is 0 Å². The Morgan fingerprint density at radius 2 is 1.86 bits per heavy atom. The minimum atomic E-state index is 0.402. The van der Waals surface area contributed by atoms with Crippen molar-refractivity contribution in [3.8, 4) is 0 Å². The van der Waals surface area contributed by atoms with E-state index in [0.717, 1.165) is 13.0 Å². The zero-order valence-corrected chi connectivity index (χ0v) is 12.3. The topological polar surface area (TPSA) is 24.9 Å². The summed E-state index contributed by atoms with van der Waals surface area (Å²) in [6.07, 6.45) is 4.84. The molecule has 0 aliphatic heterocycles. The van der Waals surface area contributed by atoms with Gasteiger partial charge in [-0.2, -0.15) is 0 Å². The van der Waals surface area contributed by atoms with Crippen molar-refractivity contribution in [1.29, 1.82) is 0 Å². The van der Waals surface area contributed by atoms with E-state index in [1.54, 1.807) is 0 Å². The van der Waals surface area contributed by atoms with E-state index >= 15 is 0 Å². The van der Waals surface area contributed by atoms with Crippen molar-refractivity contribution < 1.29 is 0 Å². The molecule has 1 atom stereocenters. The average molecular weight is 276 g/mol. The fourth-order valence-corrected chi connectivity index (χ4v) is 2.67. The minimum absolute atomic E-state index is 0.402. The Morgan fingerprint density at radius 3 is 2.67 bits per heavy atom. The molecule has 1 unspecified atom stereocenters. The fraction of sp³-hybridized carbons (Fsp3) is 0.211. The summed E-state index contributed by atoms with van der Waals surface area (Å²) in [5.74, 6) is 0. The van der Waals surface area contributed by atoms with Crippen LogP contribution in [0.25, 0.3) is 10.8 Å². The molecule has 0 radical (unpaired) electrons. The molecule has 0 fully saturated rings. The van der Waals surface area contributed by atoms with Crippen LogP contribution in [0.2, 0.25) is 0 Å². The maximum atomic E-state index is 4.15. The maximum absolute atomic E-state index is 4.15. The third-order valence-corrected chi connectivity index (χ3v) is 3.87. The fourth-order valence-electron chi connectivity index (χ4n) is 2.67. The summed E-state index contributed by atoms with van der Waals surface area (Å²) in [5, 5.41) is 6.09. The zero-order chi connectivity index (χ0) is 14.5. The van der Waals surface area contributed by atoms with Crippen LogP contribution in [-0.4, -0.2) is 4.98 Å². The molecule has 21 heavy (non-hydrogen) atoms. The van der Waals surface area contributed by atoms with Crippen molar-refractivity contribution >= 4 is 10.8 Å². The standard InChI is InChI=1S/C19H20N2/c1-2-19(16-6-4-3-5-7-16)21-13-15-8-9-18-14-20-11-10-17(18)12-15/h3-12,14,19,21H,2,13H2,1H3. The minimum Gasteiger partial charge on any atom is -0.306 e. The van der Waals surface area contributed by atoms with Crippen LogP contribution in [0.3, 0.4) is 0 Å². The van der Waals surface area contributed by atoms with E-state index in [-0.39, 0.29) is 0 Å². The van der Waals surface area contributed by atoms with Gasteiger partial charge >= 0.3 is 0 Å². The number of nitrogens with zero attached hydrogens (tertiary/aromatic N) is 1. The summed E-state index contributed by atoms with van der Waals surface area (Å²) in [5.41, 5.74) is 2.66. The first kappa shape index (κ1) is 13.8. The molecule has 3 aromatic rings. The number of pyridine rings is 1. The summed E-state index contributed by atoms with van der Waals surface area (Å²) in [6.45, 7) is 3.10. The quantitative estimate of drug-likeness (QED) is 0.743. The first-order valence-electron chi connectivity index (χ1n) is 7.48. The highest BCUT2D eigenvalue weighted by molar-refractivity contribution is 5.81. The monoisotopic (exact) mass is 276 g/mol. The van der Waals surface area contributed by atoms with Crippen LogP contribution < -0.4 is 5.32 Å². The molecule has 2 nitrogen and oxygen atoms in total. The van der Waals surface area contributed by atoms with Gasteiger partial charge in [0.1, 0.15) is 0 Å². The first-order valence-corrected chi connectivity index (χ1v) is 7.48. The van der Waals surface area contributed by atoms with Crippen LogP contribution in [0.5, 0.6) is 0 Å². The number of nitrogens with one attached hydrogen (secondary N) is 1. The van der Waals surface area contributed by atoms with Crippen molar-refractivity contribution in [2.75, 3.05) is 0 Å². The van der Waals surface area contributed by atoms with Crippen molar-refractivity contribution in [3.05, 3.63) is 78.1 Å². The third-order valence-electron chi connectivity index (χ3n) is 3.87. The molecule has 0 bridgehead atoms. The van der Waals surface area contributed by atoms with Crippen LogP contribution in [-0.2, 0) is 6.54 Å². The smallest absolute Gasteiger partial charge is 0.0346 e. The molecular weight excluding hydrogens is 256 g/mol. The molecule has 2 heteroatoms. The predicted molar refractivity (Wildman–Crippen MR) is 88.1 cm³/mol. The van der Waals surface area contributed by atoms with Gasteiger partial charge in [0.25, 0.3) is 0 Å². The van der Waals surface area contributed by atoms with Gasteiger partial charge in [-0.1, -0.05) is 49.4 Å². The van der Waals surface area contributed by atoms with Gasteiger partial charge in [-0.15, -0.1) is 0 Å². The first-order chi connectivity index (χ1) is 10.4. The Hall–Kier alpha value is -2.19. The molecule has 1 heterocycles. The van der Waals surface area contributed by atoms with Crippen LogP contribution in [0.1, 0.15) is 30.5 Å². The van der Waals surface area contributed by atoms with E-state index in [0.29, 0.717) is 6.04 Å². The highest BCUT2D eigenvalue weighted by Gasteiger charge is 2.07. The second-order valence-electron chi connectivity index (χ2n) is 5.31. The molecule has 0 saturated heterocycles. The molecule has 0 aliphatic carbocycles. The second-order valence-corrected chi connectivity index (χ2v) is 5.31. The Labute approximate surface area is 125 Å². The van der Waals surface area contributed by atoms with E-state index in [4.69, 9.17) is 0 Å². The van der Waals surface area contributed by atoms with E-state index in [9.17, 15) is 0 Å². The number of hydrogen-bond donors (Lipinski definition) is 1. The second kappa shape index (κ2) is 6.51. The summed E-state index contributed by atoms with van der Waals surface area (Å²) in [4.78, 5) is 4.15. The highest BCUT2D eigenvalue weighted by atomic mass is 14.9. The molecular formula is C19H20N2. The Balaban J connectivity index is 1.73. The third kappa shape index (κ3) is 3.29. The van der Waals surface area contributed by atoms with E-state index in [1.807, 2.05) is 12.4 Å². The Morgan fingerprint density at radius 1 is 1.00 bits per heavy atom. The van der Waals surface area contributed by atoms with Gasteiger partial charge in [-0.3, -0.25) is 4.98 Å². The van der Waals surface area contributed by atoms with E-state index < -0.39 is 0 Å². The lowest BCUT2D eigenvalue weighted by atomic mass is 10.0. The zero-order valence-electron chi connectivity index (χ0n) is 12.3. The maximum Gasteiger partial charge on any atom is 0.0346 e. The lowest BCUT2D eigenvalue weighted by Gasteiger charge is -2.17. The summed E-state index contributed by atoms with van der Waals surface area (Å²) >= 11 is 0. The SMILES string of the molecule is CCC(NCc1ccc2cnccc2c1)c1ccccc1. The number of aromatic nitrogens is 1. The number of fused-ring (bicyclic) bond motifs is 1. The van der Waals surface area contributed by atoms with Gasteiger partial charge in [0.2, 0.25) is 0 Å². The average Bonchev–Trinajstić information content (AvgIpc) is 2.56. The molecule has 0 aliphatic rings. The molecule has 0 amide bonds.